The van der Waals surface area contributed by atoms with Gasteiger partial charge in [-0.15, -0.1) is 6.58 Å². The summed E-state index contributed by atoms with van der Waals surface area (Å²) in [4.78, 5) is 23.1. The van der Waals surface area contributed by atoms with Gasteiger partial charge in [-0.2, -0.15) is 0 Å². The van der Waals surface area contributed by atoms with Crippen molar-refractivity contribution in [3.63, 3.8) is 0 Å². The van der Waals surface area contributed by atoms with Crippen LogP contribution in [0, 0.1) is 0 Å². The molecule has 0 heterocycles. The van der Waals surface area contributed by atoms with Gasteiger partial charge in [-0.3, -0.25) is 9.59 Å². The molecule has 4 heteroatoms. The molecule has 0 aliphatic carbocycles. The van der Waals surface area contributed by atoms with Gasteiger partial charge < -0.3 is 4.74 Å². The summed E-state index contributed by atoms with van der Waals surface area (Å²) >= 11 is 1.03. The molecule has 0 spiro atoms. The van der Waals surface area contributed by atoms with Crippen molar-refractivity contribution in [2.24, 2.45) is 0 Å². The second-order valence-corrected chi connectivity index (χ2v) is 5.87. The molecule has 1 aromatic carbocycles. The zero-order valence-electron chi connectivity index (χ0n) is 11.9. The van der Waals surface area contributed by atoms with Crippen LogP contribution >= 0.6 is 11.8 Å². The van der Waals surface area contributed by atoms with Crippen molar-refractivity contribution in [3.8, 4) is 0 Å². The minimum atomic E-state index is -0.470. The first-order valence-corrected chi connectivity index (χ1v) is 7.37. The van der Waals surface area contributed by atoms with E-state index in [9.17, 15) is 9.59 Å². The molecule has 2 unspecified atom stereocenters. The van der Waals surface area contributed by atoms with Crippen LogP contribution in [0.1, 0.15) is 31.2 Å². The van der Waals surface area contributed by atoms with Crippen LogP contribution in [0.15, 0.2) is 43.0 Å². The SMILES string of the molecule is C=CCC(CC(SC(C)=O)C(=O)OC)c1ccccc1. The summed E-state index contributed by atoms with van der Waals surface area (Å²) in [6.45, 7) is 5.23. The number of carbonyl (C=O) groups is 2. The molecule has 0 bridgehead atoms. The summed E-state index contributed by atoms with van der Waals surface area (Å²) in [5, 5.41) is -0.548. The lowest BCUT2D eigenvalue weighted by Gasteiger charge is -2.20. The molecule has 0 radical (unpaired) electrons. The smallest absolute Gasteiger partial charge is 0.319 e. The number of hydrogen-bond acceptors (Lipinski definition) is 4. The van der Waals surface area contributed by atoms with E-state index in [1.54, 1.807) is 0 Å². The zero-order chi connectivity index (χ0) is 15.0. The van der Waals surface area contributed by atoms with E-state index < -0.39 is 5.25 Å². The number of allylic oxidation sites excluding steroid dienone is 1. The molecule has 0 fully saturated rings. The predicted octanol–water partition coefficient (Wildman–Crippen LogP) is 3.56. The lowest BCUT2D eigenvalue weighted by molar-refractivity contribution is -0.140. The normalized spacial score (nSPS) is 13.3. The third kappa shape index (κ3) is 5.21. The highest BCUT2D eigenvalue weighted by Gasteiger charge is 2.26. The molecule has 20 heavy (non-hydrogen) atoms. The van der Waals surface area contributed by atoms with Gasteiger partial charge in [0.1, 0.15) is 5.25 Å². The van der Waals surface area contributed by atoms with Crippen molar-refractivity contribution < 1.29 is 14.3 Å². The molecule has 1 rings (SSSR count). The van der Waals surface area contributed by atoms with Gasteiger partial charge in [-0.05, 0) is 24.3 Å². The van der Waals surface area contributed by atoms with E-state index in [1.807, 2.05) is 36.4 Å². The number of hydrogen-bond donors (Lipinski definition) is 0. The van der Waals surface area contributed by atoms with Crippen LogP contribution in [-0.2, 0) is 14.3 Å². The number of methoxy groups -OCH3 is 1. The van der Waals surface area contributed by atoms with Crippen LogP contribution in [0.5, 0.6) is 0 Å². The molecule has 0 saturated heterocycles. The van der Waals surface area contributed by atoms with Crippen molar-refractivity contribution >= 4 is 22.8 Å². The predicted molar refractivity (Wildman–Crippen MR) is 82.7 cm³/mol. The minimum Gasteiger partial charge on any atom is -0.468 e. The van der Waals surface area contributed by atoms with Crippen LogP contribution in [0.4, 0.5) is 0 Å². The summed E-state index contributed by atoms with van der Waals surface area (Å²) in [5.41, 5.74) is 1.14. The number of thioether (sulfide) groups is 1. The Bertz CT molecular complexity index is 456. The third-order valence-electron chi connectivity index (χ3n) is 2.99. The van der Waals surface area contributed by atoms with Crippen LogP contribution in [0.3, 0.4) is 0 Å². The Morgan fingerprint density at radius 2 is 2.00 bits per heavy atom. The standard InChI is InChI=1S/C16H20O3S/c1-4-8-14(13-9-6-5-7-10-13)11-15(16(18)19-3)20-12(2)17/h4-7,9-10,14-15H,1,8,11H2,2-3H3. The van der Waals surface area contributed by atoms with Gasteiger partial charge in [-0.25, -0.2) is 0 Å². The largest absolute Gasteiger partial charge is 0.468 e. The Labute approximate surface area is 124 Å². The highest BCUT2D eigenvalue weighted by Crippen LogP contribution is 2.30. The first kappa shape index (κ1) is 16.5. The summed E-state index contributed by atoms with van der Waals surface area (Å²) in [6, 6.07) is 9.95. The van der Waals surface area contributed by atoms with E-state index in [-0.39, 0.29) is 17.0 Å². The van der Waals surface area contributed by atoms with Gasteiger partial charge in [0, 0.05) is 6.92 Å². The molecule has 0 amide bonds. The van der Waals surface area contributed by atoms with E-state index >= 15 is 0 Å². The van der Waals surface area contributed by atoms with Crippen LogP contribution < -0.4 is 0 Å². The Balaban J connectivity index is 2.87. The maximum Gasteiger partial charge on any atom is 0.319 e. The first-order chi connectivity index (χ1) is 9.58. The van der Waals surface area contributed by atoms with Crippen LogP contribution in [0.2, 0.25) is 0 Å². The quantitative estimate of drug-likeness (QED) is 0.569. The molecule has 0 aliphatic rings. The van der Waals surface area contributed by atoms with Crippen molar-refractivity contribution in [3.05, 3.63) is 48.6 Å². The molecule has 0 aliphatic heterocycles. The van der Waals surface area contributed by atoms with E-state index in [4.69, 9.17) is 4.74 Å². The van der Waals surface area contributed by atoms with Crippen molar-refractivity contribution in [2.45, 2.75) is 30.9 Å². The fourth-order valence-electron chi connectivity index (χ4n) is 2.08. The van der Waals surface area contributed by atoms with E-state index in [0.29, 0.717) is 6.42 Å². The van der Waals surface area contributed by atoms with Gasteiger partial charge in [0.15, 0.2) is 5.12 Å². The average Bonchev–Trinajstić information content (AvgIpc) is 2.45. The fraction of sp³-hybridized carbons (Fsp3) is 0.375. The number of carbonyl (C=O) groups excluding carboxylic acids is 2. The maximum absolute atomic E-state index is 11.8. The Morgan fingerprint density at radius 1 is 1.35 bits per heavy atom. The van der Waals surface area contributed by atoms with Crippen molar-refractivity contribution in [1.29, 1.82) is 0 Å². The lowest BCUT2D eigenvalue weighted by Crippen LogP contribution is -2.23. The Hall–Kier alpha value is -1.55. The van der Waals surface area contributed by atoms with E-state index in [0.717, 1.165) is 23.7 Å². The molecular formula is C16H20O3S. The first-order valence-electron chi connectivity index (χ1n) is 6.49. The minimum absolute atomic E-state index is 0.0779. The average molecular weight is 292 g/mol. The summed E-state index contributed by atoms with van der Waals surface area (Å²) < 4.78 is 4.79. The van der Waals surface area contributed by atoms with Gasteiger partial charge in [0.05, 0.1) is 7.11 Å². The highest BCUT2D eigenvalue weighted by atomic mass is 32.2. The van der Waals surface area contributed by atoms with Crippen LogP contribution in [-0.4, -0.2) is 23.4 Å². The molecule has 0 saturated carbocycles. The second kappa shape index (κ2) is 8.59. The number of ether oxygens (including phenoxy) is 1. The van der Waals surface area contributed by atoms with Crippen LogP contribution in [0.25, 0.3) is 0 Å². The summed E-state index contributed by atoms with van der Waals surface area (Å²) in [6.07, 6.45) is 3.16. The topological polar surface area (TPSA) is 43.4 Å². The highest BCUT2D eigenvalue weighted by molar-refractivity contribution is 8.14. The molecule has 2 atom stereocenters. The second-order valence-electron chi connectivity index (χ2n) is 4.49. The lowest BCUT2D eigenvalue weighted by atomic mass is 9.91. The summed E-state index contributed by atoms with van der Waals surface area (Å²) in [5.74, 6) is -0.195. The van der Waals surface area contributed by atoms with Gasteiger partial charge in [0.25, 0.3) is 0 Å². The molecule has 1 aromatic rings. The number of esters is 1. The van der Waals surface area contributed by atoms with Gasteiger partial charge >= 0.3 is 5.97 Å². The molecule has 0 aromatic heterocycles. The molecule has 3 nitrogen and oxygen atoms in total. The summed E-state index contributed by atoms with van der Waals surface area (Å²) in [7, 11) is 1.35. The number of benzene rings is 1. The Kier molecular flexibility index (Phi) is 7.09. The Morgan fingerprint density at radius 3 is 2.50 bits per heavy atom. The molecular weight excluding hydrogens is 272 g/mol. The van der Waals surface area contributed by atoms with Gasteiger partial charge in [-0.1, -0.05) is 48.2 Å². The van der Waals surface area contributed by atoms with Gasteiger partial charge in [0.2, 0.25) is 0 Å². The molecule has 0 N–H and O–H groups in total. The van der Waals surface area contributed by atoms with Crippen molar-refractivity contribution in [2.75, 3.05) is 7.11 Å². The third-order valence-corrected chi connectivity index (χ3v) is 3.99. The zero-order valence-corrected chi connectivity index (χ0v) is 12.7. The van der Waals surface area contributed by atoms with E-state index in [2.05, 4.69) is 6.58 Å². The maximum atomic E-state index is 11.8. The van der Waals surface area contributed by atoms with E-state index in [1.165, 1.54) is 14.0 Å². The monoisotopic (exact) mass is 292 g/mol. The van der Waals surface area contributed by atoms with Crippen molar-refractivity contribution in [1.82, 2.24) is 0 Å². The molecule has 108 valence electrons. The fourth-order valence-corrected chi connectivity index (χ4v) is 3.00. The number of rotatable bonds is 7.